The Kier molecular flexibility index (Phi) is 4.20. The van der Waals surface area contributed by atoms with Gasteiger partial charge >= 0.3 is 0 Å². The first-order chi connectivity index (χ1) is 10.8. The van der Waals surface area contributed by atoms with E-state index in [0.29, 0.717) is 30.2 Å². The van der Waals surface area contributed by atoms with Crippen molar-refractivity contribution < 1.29 is 9.32 Å². The average Bonchev–Trinajstić information content (AvgIpc) is 3.05. The van der Waals surface area contributed by atoms with Gasteiger partial charge in [0.25, 0.3) is 5.91 Å². The molecule has 0 radical (unpaired) electrons. The van der Waals surface area contributed by atoms with Gasteiger partial charge in [-0.15, -0.1) is 0 Å². The minimum absolute atomic E-state index is 0.170. The molecule has 0 unspecified atom stereocenters. The number of carbonyl (C=O) groups excluding carboxylic acids is 1. The van der Waals surface area contributed by atoms with Crippen LogP contribution in [-0.4, -0.2) is 27.6 Å². The molecule has 1 amide bonds. The van der Waals surface area contributed by atoms with Crippen LogP contribution in [0.1, 0.15) is 16.2 Å². The number of benzene rings is 1. The van der Waals surface area contributed by atoms with Crippen LogP contribution in [0.5, 0.6) is 0 Å². The molecule has 2 heterocycles. The average molecular weight is 294 g/mol. The summed E-state index contributed by atoms with van der Waals surface area (Å²) in [7, 11) is 0. The number of aromatic nitrogens is 3. The summed E-state index contributed by atoms with van der Waals surface area (Å²) < 4.78 is 5.18. The van der Waals surface area contributed by atoms with Gasteiger partial charge in [0.15, 0.2) is 0 Å². The maximum absolute atomic E-state index is 11.8. The van der Waals surface area contributed by atoms with Gasteiger partial charge in [0, 0.05) is 30.9 Å². The Morgan fingerprint density at radius 1 is 1.14 bits per heavy atom. The first-order valence-corrected chi connectivity index (χ1v) is 6.89. The van der Waals surface area contributed by atoms with Crippen LogP contribution in [0.25, 0.3) is 11.4 Å². The molecule has 1 aromatic carbocycles. The highest BCUT2D eigenvalue weighted by Gasteiger charge is 2.09. The highest BCUT2D eigenvalue weighted by molar-refractivity contribution is 5.93. The predicted molar refractivity (Wildman–Crippen MR) is 80.0 cm³/mol. The van der Waals surface area contributed by atoms with Gasteiger partial charge in [-0.25, -0.2) is 0 Å². The summed E-state index contributed by atoms with van der Waals surface area (Å²) in [6, 6.07) is 13.0. The van der Waals surface area contributed by atoms with E-state index in [4.69, 9.17) is 4.52 Å². The number of hydrogen-bond donors (Lipinski definition) is 1. The molecule has 0 atom stereocenters. The molecule has 110 valence electrons. The molecule has 0 spiro atoms. The van der Waals surface area contributed by atoms with Crippen molar-refractivity contribution in [2.75, 3.05) is 6.54 Å². The van der Waals surface area contributed by atoms with Gasteiger partial charge in [-0.3, -0.25) is 9.78 Å². The topological polar surface area (TPSA) is 80.9 Å². The molecular formula is C16H14N4O2. The Morgan fingerprint density at radius 2 is 2.00 bits per heavy atom. The van der Waals surface area contributed by atoms with Crippen molar-refractivity contribution in [2.45, 2.75) is 6.42 Å². The number of nitrogens with zero attached hydrogens (tertiary/aromatic N) is 3. The molecule has 0 saturated heterocycles. The zero-order chi connectivity index (χ0) is 15.2. The van der Waals surface area contributed by atoms with Gasteiger partial charge in [-0.2, -0.15) is 4.98 Å². The van der Waals surface area contributed by atoms with Crippen molar-refractivity contribution in [1.29, 1.82) is 0 Å². The first-order valence-electron chi connectivity index (χ1n) is 6.89. The van der Waals surface area contributed by atoms with Crippen LogP contribution < -0.4 is 5.32 Å². The van der Waals surface area contributed by atoms with E-state index in [0.717, 1.165) is 5.56 Å². The number of pyridine rings is 1. The third-order valence-electron chi connectivity index (χ3n) is 3.05. The predicted octanol–water partition coefficient (Wildman–Crippen LogP) is 2.10. The third kappa shape index (κ3) is 3.35. The fraction of sp³-hybridized carbons (Fsp3) is 0.125. The summed E-state index contributed by atoms with van der Waals surface area (Å²) in [5, 5.41) is 6.72. The van der Waals surface area contributed by atoms with E-state index in [1.165, 1.54) is 6.20 Å². The van der Waals surface area contributed by atoms with Crippen LogP contribution in [-0.2, 0) is 6.42 Å². The summed E-state index contributed by atoms with van der Waals surface area (Å²) in [5.74, 6) is 0.871. The van der Waals surface area contributed by atoms with Crippen molar-refractivity contribution in [3.05, 3.63) is 66.3 Å². The van der Waals surface area contributed by atoms with Crippen LogP contribution in [0.2, 0.25) is 0 Å². The van der Waals surface area contributed by atoms with E-state index < -0.39 is 0 Å². The lowest BCUT2D eigenvalue weighted by Gasteiger charge is -2.02. The van der Waals surface area contributed by atoms with Gasteiger partial charge in [0.2, 0.25) is 11.7 Å². The lowest BCUT2D eigenvalue weighted by atomic mass is 10.2. The third-order valence-corrected chi connectivity index (χ3v) is 3.05. The zero-order valence-electron chi connectivity index (χ0n) is 11.8. The molecule has 2 aromatic heterocycles. The molecular weight excluding hydrogens is 280 g/mol. The van der Waals surface area contributed by atoms with Gasteiger partial charge in [0.05, 0.1) is 5.56 Å². The fourth-order valence-corrected chi connectivity index (χ4v) is 1.94. The zero-order valence-corrected chi connectivity index (χ0v) is 11.8. The van der Waals surface area contributed by atoms with E-state index in [-0.39, 0.29) is 5.91 Å². The molecule has 0 saturated carbocycles. The minimum atomic E-state index is -0.170. The summed E-state index contributed by atoms with van der Waals surface area (Å²) in [4.78, 5) is 20.1. The molecule has 0 aliphatic carbocycles. The van der Waals surface area contributed by atoms with Gasteiger partial charge in [-0.05, 0) is 12.1 Å². The number of carbonyl (C=O) groups is 1. The lowest BCUT2D eigenvalue weighted by Crippen LogP contribution is -2.25. The standard InChI is InChI=1S/C16H14N4O2/c21-16(13-7-4-9-17-11-13)18-10-8-14-19-15(20-22-14)12-5-2-1-3-6-12/h1-7,9,11H,8,10H2,(H,18,21). The van der Waals surface area contributed by atoms with Gasteiger partial charge < -0.3 is 9.84 Å². The second-order valence-corrected chi connectivity index (χ2v) is 4.63. The number of hydrogen-bond acceptors (Lipinski definition) is 5. The second kappa shape index (κ2) is 6.62. The molecule has 22 heavy (non-hydrogen) atoms. The summed E-state index contributed by atoms with van der Waals surface area (Å²) in [6.45, 7) is 0.421. The van der Waals surface area contributed by atoms with E-state index in [2.05, 4.69) is 20.4 Å². The molecule has 0 bridgehead atoms. The lowest BCUT2D eigenvalue weighted by molar-refractivity contribution is 0.0953. The van der Waals surface area contributed by atoms with Crippen LogP contribution in [0.15, 0.2) is 59.4 Å². The SMILES string of the molecule is O=C(NCCc1nc(-c2ccccc2)no1)c1cccnc1. The smallest absolute Gasteiger partial charge is 0.252 e. The van der Waals surface area contributed by atoms with Gasteiger partial charge in [0.1, 0.15) is 0 Å². The Bertz CT molecular complexity index is 741. The monoisotopic (exact) mass is 294 g/mol. The molecule has 6 nitrogen and oxygen atoms in total. The van der Waals surface area contributed by atoms with Crippen LogP contribution >= 0.6 is 0 Å². The highest BCUT2D eigenvalue weighted by Crippen LogP contribution is 2.14. The first kappa shape index (κ1) is 13.9. The van der Waals surface area contributed by atoms with Crippen molar-refractivity contribution >= 4 is 5.91 Å². The maximum atomic E-state index is 11.8. The number of nitrogens with one attached hydrogen (secondary N) is 1. The summed E-state index contributed by atoms with van der Waals surface area (Å²) >= 11 is 0. The van der Waals surface area contributed by atoms with Gasteiger partial charge in [-0.1, -0.05) is 35.5 Å². The fourth-order valence-electron chi connectivity index (χ4n) is 1.94. The van der Waals surface area contributed by atoms with Crippen molar-refractivity contribution in [2.24, 2.45) is 0 Å². The minimum Gasteiger partial charge on any atom is -0.351 e. The molecule has 0 aliphatic heterocycles. The Balaban J connectivity index is 1.55. The van der Waals surface area contributed by atoms with Crippen molar-refractivity contribution in [3.63, 3.8) is 0 Å². The summed E-state index contributed by atoms with van der Waals surface area (Å²) in [5.41, 5.74) is 1.43. The molecule has 0 fully saturated rings. The molecule has 3 rings (SSSR count). The normalized spacial score (nSPS) is 10.4. The van der Waals surface area contributed by atoms with Crippen molar-refractivity contribution in [3.8, 4) is 11.4 Å². The Labute approximate surface area is 127 Å². The van der Waals surface area contributed by atoms with E-state index >= 15 is 0 Å². The van der Waals surface area contributed by atoms with E-state index in [9.17, 15) is 4.79 Å². The maximum Gasteiger partial charge on any atom is 0.252 e. The highest BCUT2D eigenvalue weighted by atomic mass is 16.5. The molecule has 0 aliphatic rings. The van der Waals surface area contributed by atoms with Crippen molar-refractivity contribution in [1.82, 2.24) is 20.4 Å². The van der Waals surface area contributed by atoms with E-state index in [1.54, 1.807) is 18.3 Å². The number of rotatable bonds is 5. The molecule has 3 aromatic rings. The Morgan fingerprint density at radius 3 is 2.77 bits per heavy atom. The van der Waals surface area contributed by atoms with Crippen LogP contribution in [0, 0.1) is 0 Å². The molecule has 6 heteroatoms. The quantitative estimate of drug-likeness (QED) is 0.779. The van der Waals surface area contributed by atoms with Crippen LogP contribution in [0.3, 0.4) is 0 Å². The van der Waals surface area contributed by atoms with E-state index in [1.807, 2.05) is 30.3 Å². The summed E-state index contributed by atoms with van der Waals surface area (Å²) in [6.07, 6.45) is 3.63. The van der Waals surface area contributed by atoms with Crippen LogP contribution in [0.4, 0.5) is 0 Å². The largest absolute Gasteiger partial charge is 0.351 e. The number of amides is 1. The second-order valence-electron chi connectivity index (χ2n) is 4.63. The molecule has 1 N–H and O–H groups in total. The Hall–Kier alpha value is -3.02.